The highest BCUT2D eigenvalue weighted by molar-refractivity contribution is 6.32. The van der Waals surface area contributed by atoms with Crippen LogP contribution in [0.3, 0.4) is 0 Å². The molecule has 1 N–H and O–H groups in total. The van der Waals surface area contributed by atoms with E-state index in [1.807, 2.05) is 24.3 Å². The molecule has 0 aliphatic heterocycles. The van der Waals surface area contributed by atoms with Crippen LogP contribution in [0, 0.1) is 11.8 Å². The lowest BCUT2D eigenvalue weighted by atomic mass is 10.1. The molecule has 0 atom stereocenters. The lowest BCUT2D eigenvalue weighted by molar-refractivity contribution is -0.120. The molecule has 3 nitrogen and oxygen atoms in total. The van der Waals surface area contributed by atoms with Crippen molar-refractivity contribution < 1.29 is 9.53 Å². The predicted octanol–water partition coefficient (Wildman–Crippen LogP) is 3.73. The number of rotatable bonds is 5. The van der Waals surface area contributed by atoms with Crippen LogP contribution >= 0.6 is 23.2 Å². The molecule has 0 aliphatic carbocycles. The summed E-state index contributed by atoms with van der Waals surface area (Å²) in [7, 11) is 0. The average molecular weight is 348 g/mol. The number of hydrogen-bond donors (Lipinski definition) is 1. The number of benzene rings is 2. The number of halogens is 2. The molecule has 0 aliphatic rings. The molecule has 0 saturated carbocycles. The molecule has 0 spiro atoms. The van der Waals surface area contributed by atoms with Crippen LogP contribution in [0.4, 0.5) is 0 Å². The van der Waals surface area contributed by atoms with Crippen molar-refractivity contribution in [1.82, 2.24) is 5.32 Å². The zero-order valence-electron chi connectivity index (χ0n) is 12.3. The van der Waals surface area contributed by atoms with E-state index in [1.54, 1.807) is 24.3 Å². The molecule has 0 aromatic heterocycles. The SMILES string of the molecule is O=C(Cc1ccc(Cl)cc1)NCC#CCOc1ccccc1Cl. The molecule has 2 aromatic carbocycles. The minimum Gasteiger partial charge on any atom is -0.479 e. The Morgan fingerprint density at radius 2 is 1.78 bits per heavy atom. The molecule has 0 bridgehead atoms. The van der Waals surface area contributed by atoms with Gasteiger partial charge in [0.15, 0.2) is 0 Å². The third kappa shape index (κ3) is 6.23. The zero-order chi connectivity index (χ0) is 16.5. The fraction of sp³-hybridized carbons (Fsp3) is 0.167. The van der Waals surface area contributed by atoms with E-state index in [1.165, 1.54) is 0 Å². The first kappa shape index (κ1) is 17.2. The van der Waals surface area contributed by atoms with Gasteiger partial charge in [0.25, 0.3) is 0 Å². The third-order valence-electron chi connectivity index (χ3n) is 2.91. The summed E-state index contributed by atoms with van der Waals surface area (Å²) >= 11 is 11.7. The number of carbonyl (C=O) groups excluding carboxylic acids is 1. The Bertz CT molecular complexity index is 718. The Morgan fingerprint density at radius 3 is 2.52 bits per heavy atom. The van der Waals surface area contributed by atoms with E-state index in [4.69, 9.17) is 27.9 Å². The highest BCUT2D eigenvalue weighted by Crippen LogP contribution is 2.22. The summed E-state index contributed by atoms with van der Waals surface area (Å²) in [6, 6.07) is 14.4. The van der Waals surface area contributed by atoms with Crippen LogP contribution in [0.25, 0.3) is 0 Å². The molecule has 0 radical (unpaired) electrons. The van der Waals surface area contributed by atoms with Crippen molar-refractivity contribution in [2.24, 2.45) is 0 Å². The van der Waals surface area contributed by atoms with Gasteiger partial charge in [0.05, 0.1) is 18.0 Å². The summed E-state index contributed by atoms with van der Waals surface area (Å²) in [6.45, 7) is 0.495. The Hall–Kier alpha value is -2.15. The van der Waals surface area contributed by atoms with Gasteiger partial charge in [-0.1, -0.05) is 59.3 Å². The minimum absolute atomic E-state index is 0.0892. The van der Waals surface area contributed by atoms with Crippen LogP contribution in [-0.4, -0.2) is 19.1 Å². The maximum atomic E-state index is 11.7. The van der Waals surface area contributed by atoms with Gasteiger partial charge in [-0.05, 0) is 29.8 Å². The number of nitrogens with one attached hydrogen (secondary N) is 1. The number of para-hydroxylation sites is 1. The monoisotopic (exact) mass is 347 g/mol. The van der Waals surface area contributed by atoms with Crippen molar-refractivity contribution in [1.29, 1.82) is 0 Å². The first-order chi connectivity index (χ1) is 11.1. The first-order valence-corrected chi connectivity index (χ1v) is 7.75. The van der Waals surface area contributed by atoms with Gasteiger partial charge in [0.1, 0.15) is 12.4 Å². The number of carbonyl (C=O) groups is 1. The van der Waals surface area contributed by atoms with Gasteiger partial charge in [0.2, 0.25) is 5.91 Å². The molecule has 118 valence electrons. The zero-order valence-corrected chi connectivity index (χ0v) is 13.8. The maximum absolute atomic E-state index is 11.7. The van der Waals surface area contributed by atoms with E-state index in [-0.39, 0.29) is 19.1 Å². The van der Waals surface area contributed by atoms with Crippen LogP contribution in [0.5, 0.6) is 5.75 Å². The summed E-state index contributed by atoms with van der Waals surface area (Å²) in [6.07, 6.45) is 0.301. The Morgan fingerprint density at radius 1 is 1.04 bits per heavy atom. The second kappa shape index (κ2) is 9.09. The second-order valence-electron chi connectivity index (χ2n) is 4.65. The normalized spacial score (nSPS) is 9.65. The molecule has 2 aromatic rings. The Balaban J connectivity index is 1.68. The minimum atomic E-state index is -0.0892. The van der Waals surface area contributed by atoms with Crippen molar-refractivity contribution in [3.8, 4) is 17.6 Å². The van der Waals surface area contributed by atoms with Gasteiger partial charge in [0, 0.05) is 5.02 Å². The smallest absolute Gasteiger partial charge is 0.225 e. The van der Waals surface area contributed by atoms with Crippen molar-refractivity contribution >= 4 is 29.1 Å². The molecule has 23 heavy (non-hydrogen) atoms. The fourth-order valence-electron chi connectivity index (χ4n) is 1.78. The van der Waals surface area contributed by atoms with E-state index in [0.717, 1.165) is 5.56 Å². The van der Waals surface area contributed by atoms with E-state index >= 15 is 0 Å². The van der Waals surface area contributed by atoms with Gasteiger partial charge in [-0.15, -0.1) is 0 Å². The number of hydrogen-bond acceptors (Lipinski definition) is 2. The number of amides is 1. The first-order valence-electron chi connectivity index (χ1n) is 6.99. The van der Waals surface area contributed by atoms with Crippen LogP contribution < -0.4 is 10.1 Å². The van der Waals surface area contributed by atoms with Crippen molar-refractivity contribution in [2.75, 3.05) is 13.2 Å². The summed E-state index contributed by atoms with van der Waals surface area (Å²) in [5, 5.41) is 3.93. The molecule has 0 heterocycles. The van der Waals surface area contributed by atoms with Crippen LogP contribution in [0.15, 0.2) is 48.5 Å². The van der Waals surface area contributed by atoms with Gasteiger partial charge in [-0.3, -0.25) is 4.79 Å². The highest BCUT2D eigenvalue weighted by Gasteiger charge is 2.01. The van der Waals surface area contributed by atoms with Gasteiger partial charge in [-0.2, -0.15) is 0 Å². The predicted molar refractivity (Wildman–Crippen MR) is 92.9 cm³/mol. The van der Waals surface area contributed by atoms with E-state index in [9.17, 15) is 4.79 Å². The summed E-state index contributed by atoms with van der Waals surface area (Å²) in [4.78, 5) is 11.7. The lowest BCUT2D eigenvalue weighted by Crippen LogP contribution is -2.25. The van der Waals surface area contributed by atoms with Gasteiger partial charge < -0.3 is 10.1 Å². The van der Waals surface area contributed by atoms with E-state index in [0.29, 0.717) is 22.2 Å². The summed E-state index contributed by atoms with van der Waals surface area (Å²) in [5.41, 5.74) is 0.905. The van der Waals surface area contributed by atoms with Crippen molar-refractivity contribution in [2.45, 2.75) is 6.42 Å². The molecular formula is C18H15Cl2NO2. The average Bonchev–Trinajstić information content (AvgIpc) is 2.54. The Labute approximate surface area is 145 Å². The Kier molecular flexibility index (Phi) is 6.80. The number of ether oxygens (including phenoxy) is 1. The standard InChI is InChI=1S/C18H15Cl2NO2/c19-15-9-7-14(8-10-15)13-18(22)21-11-3-4-12-23-17-6-2-1-5-16(17)20/h1-2,5-10H,11-13H2,(H,21,22). The van der Waals surface area contributed by atoms with Crippen LogP contribution in [0.2, 0.25) is 10.0 Å². The lowest BCUT2D eigenvalue weighted by Gasteiger charge is -2.03. The van der Waals surface area contributed by atoms with Crippen molar-refractivity contribution in [3.05, 3.63) is 64.1 Å². The molecule has 0 unspecified atom stereocenters. The highest BCUT2D eigenvalue weighted by atomic mass is 35.5. The molecule has 0 saturated heterocycles. The van der Waals surface area contributed by atoms with E-state index in [2.05, 4.69) is 17.2 Å². The maximum Gasteiger partial charge on any atom is 0.225 e. The molecular weight excluding hydrogens is 333 g/mol. The van der Waals surface area contributed by atoms with Crippen LogP contribution in [0.1, 0.15) is 5.56 Å². The summed E-state index contributed by atoms with van der Waals surface area (Å²) < 4.78 is 5.42. The molecule has 5 heteroatoms. The summed E-state index contributed by atoms with van der Waals surface area (Å²) in [5.74, 6) is 6.16. The molecule has 1 amide bonds. The largest absolute Gasteiger partial charge is 0.479 e. The van der Waals surface area contributed by atoms with Gasteiger partial charge in [-0.25, -0.2) is 0 Å². The quantitative estimate of drug-likeness (QED) is 0.836. The van der Waals surface area contributed by atoms with E-state index < -0.39 is 0 Å². The van der Waals surface area contributed by atoms with Gasteiger partial charge >= 0.3 is 0 Å². The van der Waals surface area contributed by atoms with Crippen molar-refractivity contribution in [3.63, 3.8) is 0 Å². The third-order valence-corrected chi connectivity index (χ3v) is 3.48. The van der Waals surface area contributed by atoms with Crippen LogP contribution in [-0.2, 0) is 11.2 Å². The molecule has 2 rings (SSSR count). The fourth-order valence-corrected chi connectivity index (χ4v) is 2.10. The molecule has 0 fully saturated rings. The topological polar surface area (TPSA) is 38.3 Å². The second-order valence-corrected chi connectivity index (χ2v) is 5.50.